The maximum atomic E-state index is 12.3. The standard InChI is InChI=1S/C16H19N5O/c1-3-4-8-12-13(14(17)21(2)20-12)15-18-11-9-6-5-7-10(11)16(22)19-15/h5-7,9H,3-4,8,17H2,1-2H3,(H,18,19,22). The number of aromatic nitrogens is 4. The third-order valence-electron chi connectivity index (χ3n) is 3.78. The largest absolute Gasteiger partial charge is 0.383 e. The summed E-state index contributed by atoms with van der Waals surface area (Å²) in [5.41, 5.74) is 8.25. The van der Waals surface area contributed by atoms with Crippen LogP contribution in [0.2, 0.25) is 0 Å². The number of nitrogen functional groups attached to an aromatic ring is 1. The number of para-hydroxylation sites is 1. The van der Waals surface area contributed by atoms with Crippen LogP contribution in [0.1, 0.15) is 25.5 Å². The number of fused-ring (bicyclic) bond motifs is 1. The zero-order valence-electron chi connectivity index (χ0n) is 12.8. The number of hydrogen-bond acceptors (Lipinski definition) is 4. The Morgan fingerprint density at radius 2 is 2.09 bits per heavy atom. The van der Waals surface area contributed by atoms with Crippen LogP contribution in [0, 0.1) is 0 Å². The topological polar surface area (TPSA) is 89.6 Å². The van der Waals surface area contributed by atoms with Crippen molar-refractivity contribution in [1.82, 2.24) is 19.7 Å². The van der Waals surface area contributed by atoms with Gasteiger partial charge in [-0.15, -0.1) is 0 Å². The first-order chi connectivity index (χ1) is 10.6. The van der Waals surface area contributed by atoms with E-state index in [0.29, 0.717) is 22.5 Å². The Morgan fingerprint density at radius 3 is 2.86 bits per heavy atom. The number of aromatic amines is 1. The van der Waals surface area contributed by atoms with E-state index in [0.717, 1.165) is 30.5 Å². The van der Waals surface area contributed by atoms with Gasteiger partial charge in [0.25, 0.3) is 5.56 Å². The van der Waals surface area contributed by atoms with E-state index in [1.54, 1.807) is 17.8 Å². The molecule has 1 aromatic carbocycles. The molecule has 0 spiro atoms. The highest BCUT2D eigenvalue weighted by Gasteiger charge is 2.18. The summed E-state index contributed by atoms with van der Waals surface area (Å²) in [7, 11) is 1.80. The van der Waals surface area contributed by atoms with Crippen LogP contribution in [0.15, 0.2) is 29.1 Å². The summed E-state index contributed by atoms with van der Waals surface area (Å²) in [5, 5.41) is 5.04. The van der Waals surface area contributed by atoms with Crippen molar-refractivity contribution in [3.63, 3.8) is 0 Å². The third-order valence-corrected chi connectivity index (χ3v) is 3.78. The van der Waals surface area contributed by atoms with Gasteiger partial charge in [-0.1, -0.05) is 25.5 Å². The van der Waals surface area contributed by atoms with Crippen molar-refractivity contribution < 1.29 is 0 Å². The summed E-state index contributed by atoms with van der Waals surface area (Å²) >= 11 is 0. The van der Waals surface area contributed by atoms with Crippen LogP contribution in [0.4, 0.5) is 5.82 Å². The molecule has 2 aromatic heterocycles. The molecule has 0 fully saturated rings. The molecule has 0 amide bonds. The molecule has 6 nitrogen and oxygen atoms in total. The zero-order chi connectivity index (χ0) is 15.7. The third kappa shape index (κ3) is 2.36. The van der Waals surface area contributed by atoms with Gasteiger partial charge in [-0.25, -0.2) is 4.98 Å². The number of nitrogens with one attached hydrogen (secondary N) is 1. The van der Waals surface area contributed by atoms with E-state index in [1.807, 2.05) is 18.2 Å². The highest BCUT2D eigenvalue weighted by Crippen LogP contribution is 2.27. The fraction of sp³-hybridized carbons (Fsp3) is 0.312. The predicted molar refractivity (Wildman–Crippen MR) is 87.6 cm³/mol. The number of rotatable bonds is 4. The maximum absolute atomic E-state index is 12.3. The fourth-order valence-electron chi connectivity index (χ4n) is 2.58. The van der Waals surface area contributed by atoms with Gasteiger partial charge in [0, 0.05) is 7.05 Å². The Bertz CT molecular complexity index is 878. The number of aryl methyl sites for hydroxylation is 2. The molecule has 114 valence electrons. The van der Waals surface area contributed by atoms with Gasteiger partial charge < -0.3 is 10.7 Å². The van der Waals surface area contributed by atoms with Crippen LogP contribution in [0.3, 0.4) is 0 Å². The van der Waals surface area contributed by atoms with Crippen LogP contribution in [0.25, 0.3) is 22.3 Å². The molecule has 0 aliphatic carbocycles. The second-order valence-electron chi connectivity index (χ2n) is 5.37. The molecule has 0 saturated heterocycles. The van der Waals surface area contributed by atoms with Gasteiger partial charge in [0.2, 0.25) is 0 Å². The van der Waals surface area contributed by atoms with Gasteiger partial charge in [-0.05, 0) is 25.0 Å². The number of nitrogens with zero attached hydrogens (tertiary/aromatic N) is 3. The summed E-state index contributed by atoms with van der Waals surface area (Å²) in [6.45, 7) is 2.13. The van der Waals surface area contributed by atoms with E-state index in [2.05, 4.69) is 22.0 Å². The lowest BCUT2D eigenvalue weighted by molar-refractivity contribution is 0.718. The van der Waals surface area contributed by atoms with Crippen LogP contribution < -0.4 is 11.3 Å². The Labute approximate surface area is 128 Å². The number of hydrogen-bond donors (Lipinski definition) is 2. The molecule has 3 N–H and O–H groups in total. The fourth-order valence-corrected chi connectivity index (χ4v) is 2.58. The average Bonchev–Trinajstić information content (AvgIpc) is 2.80. The monoisotopic (exact) mass is 297 g/mol. The number of benzene rings is 1. The second-order valence-corrected chi connectivity index (χ2v) is 5.37. The first-order valence-electron chi connectivity index (χ1n) is 7.42. The van der Waals surface area contributed by atoms with Gasteiger partial charge in [-0.2, -0.15) is 5.10 Å². The molecule has 22 heavy (non-hydrogen) atoms. The number of unbranched alkanes of at least 4 members (excludes halogenated alkanes) is 1. The van der Waals surface area contributed by atoms with Crippen LogP contribution in [-0.4, -0.2) is 19.7 Å². The summed E-state index contributed by atoms with van der Waals surface area (Å²) in [4.78, 5) is 19.7. The molecular weight excluding hydrogens is 278 g/mol. The van der Waals surface area contributed by atoms with Crippen molar-refractivity contribution in [2.24, 2.45) is 7.05 Å². The van der Waals surface area contributed by atoms with Crippen molar-refractivity contribution in [2.45, 2.75) is 26.2 Å². The van der Waals surface area contributed by atoms with E-state index in [-0.39, 0.29) is 5.56 Å². The Morgan fingerprint density at radius 1 is 1.32 bits per heavy atom. The van der Waals surface area contributed by atoms with E-state index in [4.69, 9.17) is 5.73 Å². The summed E-state index contributed by atoms with van der Waals surface area (Å²) in [6, 6.07) is 7.27. The maximum Gasteiger partial charge on any atom is 0.259 e. The SMILES string of the molecule is CCCCc1nn(C)c(N)c1-c1nc2ccccc2c(=O)[nH]1. The minimum atomic E-state index is -0.162. The average molecular weight is 297 g/mol. The number of anilines is 1. The summed E-state index contributed by atoms with van der Waals surface area (Å²) in [6.07, 6.45) is 2.90. The van der Waals surface area contributed by atoms with E-state index >= 15 is 0 Å². The van der Waals surface area contributed by atoms with Crippen LogP contribution in [-0.2, 0) is 13.5 Å². The molecule has 2 heterocycles. The molecule has 0 saturated carbocycles. The molecule has 3 aromatic rings. The smallest absolute Gasteiger partial charge is 0.259 e. The molecule has 3 rings (SSSR count). The summed E-state index contributed by atoms with van der Waals surface area (Å²) in [5.74, 6) is 1.00. The lowest BCUT2D eigenvalue weighted by atomic mass is 10.1. The Kier molecular flexibility index (Phi) is 3.66. The zero-order valence-corrected chi connectivity index (χ0v) is 12.8. The molecule has 0 aliphatic rings. The van der Waals surface area contributed by atoms with Crippen molar-refractivity contribution in [1.29, 1.82) is 0 Å². The first-order valence-corrected chi connectivity index (χ1v) is 7.42. The van der Waals surface area contributed by atoms with Gasteiger partial charge in [0.15, 0.2) is 0 Å². The summed E-state index contributed by atoms with van der Waals surface area (Å²) < 4.78 is 1.63. The van der Waals surface area contributed by atoms with Crippen LogP contribution >= 0.6 is 0 Å². The van der Waals surface area contributed by atoms with Crippen molar-refractivity contribution in [3.8, 4) is 11.4 Å². The van der Waals surface area contributed by atoms with Gasteiger partial charge in [0.05, 0.1) is 22.2 Å². The molecule has 0 atom stereocenters. The van der Waals surface area contributed by atoms with Gasteiger partial charge in [-0.3, -0.25) is 9.48 Å². The Hall–Kier alpha value is -2.63. The quantitative estimate of drug-likeness (QED) is 0.773. The molecule has 0 radical (unpaired) electrons. The molecule has 6 heteroatoms. The van der Waals surface area contributed by atoms with Crippen LogP contribution in [0.5, 0.6) is 0 Å². The highest BCUT2D eigenvalue weighted by molar-refractivity contribution is 5.81. The Balaban J connectivity index is 2.21. The van der Waals surface area contributed by atoms with Gasteiger partial charge in [0.1, 0.15) is 11.6 Å². The molecule has 0 unspecified atom stereocenters. The molecular formula is C16H19N5O. The predicted octanol–water partition coefficient (Wildman–Crippen LogP) is 2.25. The first kappa shape index (κ1) is 14.3. The molecule has 0 bridgehead atoms. The minimum absolute atomic E-state index is 0.162. The number of nitrogens with two attached hydrogens (primary N) is 1. The van der Waals surface area contributed by atoms with Crippen molar-refractivity contribution in [3.05, 3.63) is 40.3 Å². The van der Waals surface area contributed by atoms with E-state index in [9.17, 15) is 4.79 Å². The minimum Gasteiger partial charge on any atom is -0.383 e. The lowest BCUT2D eigenvalue weighted by Crippen LogP contribution is -2.10. The van der Waals surface area contributed by atoms with E-state index in [1.165, 1.54) is 0 Å². The normalized spacial score (nSPS) is 11.2. The molecule has 0 aliphatic heterocycles. The van der Waals surface area contributed by atoms with Crippen molar-refractivity contribution >= 4 is 16.7 Å². The number of H-pyrrole nitrogens is 1. The van der Waals surface area contributed by atoms with Gasteiger partial charge >= 0.3 is 0 Å². The highest BCUT2D eigenvalue weighted by atomic mass is 16.1. The lowest BCUT2D eigenvalue weighted by Gasteiger charge is -2.05. The van der Waals surface area contributed by atoms with E-state index < -0.39 is 0 Å². The van der Waals surface area contributed by atoms with Crippen molar-refractivity contribution in [2.75, 3.05) is 5.73 Å². The second kappa shape index (κ2) is 5.63.